The Morgan fingerprint density at radius 3 is 2.67 bits per heavy atom. The van der Waals surface area contributed by atoms with Crippen molar-refractivity contribution in [3.8, 4) is 0 Å². The Bertz CT molecular complexity index is 766. The number of benzene rings is 1. The first kappa shape index (κ1) is 16.4. The van der Waals surface area contributed by atoms with Gasteiger partial charge in [0.05, 0.1) is 12.1 Å². The molecule has 0 spiro atoms. The number of nitrogens with zero attached hydrogens (tertiary/aromatic N) is 3. The molecule has 0 radical (unpaired) electrons. The van der Waals surface area contributed by atoms with Gasteiger partial charge in [-0.05, 0) is 37.1 Å². The first-order valence-electron chi connectivity index (χ1n) is 7.78. The lowest BCUT2D eigenvalue weighted by Crippen LogP contribution is -2.29. The minimum atomic E-state index is -0.130. The summed E-state index contributed by atoms with van der Waals surface area (Å²) in [7, 11) is 1.78. The zero-order valence-corrected chi connectivity index (χ0v) is 14.8. The van der Waals surface area contributed by atoms with E-state index >= 15 is 0 Å². The summed E-state index contributed by atoms with van der Waals surface area (Å²) in [6, 6.07) is 5.93. The number of likely N-dealkylation sites (N-methyl/N-ethyl adjacent to an activating group) is 1. The van der Waals surface area contributed by atoms with Gasteiger partial charge in [0.1, 0.15) is 0 Å². The van der Waals surface area contributed by atoms with E-state index in [1.54, 1.807) is 16.8 Å². The highest BCUT2D eigenvalue weighted by Crippen LogP contribution is 2.23. The number of anilines is 2. The second-order valence-corrected chi connectivity index (χ2v) is 6.82. The van der Waals surface area contributed by atoms with Crippen molar-refractivity contribution in [1.29, 1.82) is 0 Å². The van der Waals surface area contributed by atoms with E-state index < -0.39 is 0 Å². The van der Waals surface area contributed by atoms with Gasteiger partial charge in [-0.15, -0.1) is 11.3 Å². The largest absolute Gasteiger partial charge is 0.336 e. The number of hydrogen-bond acceptors (Lipinski definition) is 4. The van der Waals surface area contributed by atoms with Crippen molar-refractivity contribution in [2.45, 2.75) is 20.3 Å². The van der Waals surface area contributed by atoms with Crippen LogP contribution in [-0.4, -0.2) is 37.1 Å². The van der Waals surface area contributed by atoms with Crippen LogP contribution in [0.3, 0.4) is 0 Å². The molecule has 2 heterocycles. The van der Waals surface area contributed by atoms with E-state index in [-0.39, 0.29) is 18.4 Å². The Labute approximate surface area is 145 Å². The summed E-state index contributed by atoms with van der Waals surface area (Å²) in [5.74, 6) is -0.0253. The molecule has 0 saturated carbocycles. The molecule has 3 amide bonds. The van der Waals surface area contributed by atoms with E-state index in [0.717, 1.165) is 16.8 Å². The average molecular weight is 344 g/mol. The third kappa shape index (κ3) is 3.41. The van der Waals surface area contributed by atoms with Crippen LogP contribution in [0.2, 0.25) is 0 Å². The molecule has 1 aromatic carbocycles. The lowest BCUT2D eigenvalue weighted by atomic mass is 10.1. The molecule has 1 saturated heterocycles. The molecule has 1 fully saturated rings. The zero-order chi connectivity index (χ0) is 17.3. The fourth-order valence-corrected chi connectivity index (χ4v) is 3.57. The van der Waals surface area contributed by atoms with E-state index in [1.807, 2.05) is 31.4 Å². The second kappa shape index (κ2) is 6.60. The van der Waals surface area contributed by atoms with Crippen molar-refractivity contribution >= 4 is 34.1 Å². The van der Waals surface area contributed by atoms with Crippen molar-refractivity contribution in [3.63, 3.8) is 0 Å². The standard InChI is InChI=1S/C17H20N4O2S/c1-11-6-12(2)8-14(7-11)20(3)15(22)9-13-10-24-17(19-13)21-5-4-18-16(21)23/h6-8,10H,4-5,9H2,1-3H3,(H,18,23). The van der Waals surface area contributed by atoms with Crippen LogP contribution in [0, 0.1) is 13.8 Å². The molecular formula is C17H20N4O2S. The third-order valence-corrected chi connectivity index (χ3v) is 4.84. The fraction of sp³-hybridized carbons (Fsp3) is 0.353. The molecule has 7 heteroatoms. The van der Waals surface area contributed by atoms with Crippen LogP contribution < -0.4 is 15.1 Å². The number of urea groups is 1. The second-order valence-electron chi connectivity index (χ2n) is 5.98. The maximum atomic E-state index is 12.5. The van der Waals surface area contributed by atoms with E-state index in [2.05, 4.69) is 16.4 Å². The summed E-state index contributed by atoms with van der Waals surface area (Å²) in [5.41, 5.74) is 3.82. The van der Waals surface area contributed by atoms with E-state index in [1.165, 1.54) is 11.3 Å². The molecule has 0 atom stereocenters. The highest BCUT2D eigenvalue weighted by molar-refractivity contribution is 7.14. The minimum absolute atomic E-state index is 0.0253. The predicted octanol–water partition coefficient (Wildman–Crippen LogP) is 2.50. The van der Waals surface area contributed by atoms with Crippen molar-refractivity contribution in [2.75, 3.05) is 29.9 Å². The zero-order valence-electron chi connectivity index (χ0n) is 14.0. The molecule has 6 nitrogen and oxygen atoms in total. The van der Waals surface area contributed by atoms with Crippen LogP contribution in [0.1, 0.15) is 16.8 Å². The molecule has 0 unspecified atom stereocenters. The lowest BCUT2D eigenvalue weighted by Gasteiger charge is -2.18. The number of carbonyl (C=O) groups excluding carboxylic acids is 2. The van der Waals surface area contributed by atoms with Crippen LogP contribution >= 0.6 is 11.3 Å². The Hall–Kier alpha value is -2.41. The van der Waals surface area contributed by atoms with Gasteiger partial charge in [0, 0.05) is 31.2 Å². The van der Waals surface area contributed by atoms with Gasteiger partial charge >= 0.3 is 6.03 Å². The highest BCUT2D eigenvalue weighted by Gasteiger charge is 2.24. The summed E-state index contributed by atoms with van der Waals surface area (Å²) >= 11 is 1.39. The maximum Gasteiger partial charge on any atom is 0.323 e. The number of hydrogen-bond donors (Lipinski definition) is 1. The molecule has 2 aromatic rings. The smallest absolute Gasteiger partial charge is 0.323 e. The number of rotatable bonds is 4. The molecule has 1 aromatic heterocycles. The average Bonchev–Trinajstić information content (AvgIpc) is 3.14. The topological polar surface area (TPSA) is 65.5 Å². The van der Waals surface area contributed by atoms with E-state index in [4.69, 9.17) is 0 Å². The molecular weight excluding hydrogens is 324 g/mol. The molecule has 0 aliphatic carbocycles. The molecule has 126 valence electrons. The summed E-state index contributed by atoms with van der Waals surface area (Å²) in [6.45, 7) is 5.27. The van der Waals surface area contributed by atoms with E-state index in [0.29, 0.717) is 23.9 Å². The maximum absolute atomic E-state index is 12.5. The van der Waals surface area contributed by atoms with Crippen LogP contribution in [0.15, 0.2) is 23.6 Å². The van der Waals surface area contributed by atoms with Gasteiger partial charge in [0.25, 0.3) is 0 Å². The van der Waals surface area contributed by atoms with Crippen LogP contribution in [0.25, 0.3) is 0 Å². The molecule has 0 bridgehead atoms. The minimum Gasteiger partial charge on any atom is -0.336 e. The van der Waals surface area contributed by atoms with Crippen molar-refractivity contribution in [1.82, 2.24) is 10.3 Å². The van der Waals surface area contributed by atoms with Crippen molar-refractivity contribution in [3.05, 3.63) is 40.4 Å². The van der Waals surface area contributed by atoms with Crippen LogP contribution in [0.4, 0.5) is 15.6 Å². The third-order valence-electron chi connectivity index (χ3n) is 3.93. The normalized spacial score (nSPS) is 14.0. The number of aryl methyl sites for hydroxylation is 2. The Morgan fingerprint density at radius 1 is 1.33 bits per heavy atom. The molecule has 1 aliphatic rings. The lowest BCUT2D eigenvalue weighted by molar-refractivity contribution is -0.117. The Kier molecular flexibility index (Phi) is 4.53. The summed E-state index contributed by atoms with van der Waals surface area (Å²) in [6.07, 6.45) is 0.218. The highest BCUT2D eigenvalue weighted by atomic mass is 32.1. The number of thiazole rings is 1. The van der Waals surface area contributed by atoms with Gasteiger partial charge < -0.3 is 10.2 Å². The fourth-order valence-electron chi connectivity index (χ4n) is 2.72. The first-order valence-corrected chi connectivity index (χ1v) is 8.66. The predicted molar refractivity (Wildman–Crippen MR) is 95.9 cm³/mol. The van der Waals surface area contributed by atoms with E-state index in [9.17, 15) is 9.59 Å². The number of amides is 3. The van der Waals surface area contributed by atoms with Gasteiger partial charge in [-0.25, -0.2) is 9.78 Å². The van der Waals surface area contributed by atoms with Crippen molar-refractivity contribution < 1.29 is 9.59 Å². The Balaban J connectivity index is 1.70. The molecule has 1 aliphatic heterocycles. The number of nitrogens with one attached hydrogen (secondary N) is 1. The van der Waals surface area contributed by atoms with Crippen molar-refractivity contribution in [2.24, 2.45) is 0 Å². The molecule has 24 heavy (non-hydrogen) atoms. The van der Waals surface area contributed by atoms with Gasteiger partial charge in [-0.1, -0.05) is 6.07 Å². The SMILES string of the molecule is Cc1cc(C)cc(N(C)C(=O)Cc2csc(N3CCNC3=O)n2)c1. The van der Waals surface area contributed by atoms with Crippen LogP contribution in [0.5, 0.6) is 0 Å². The van der Waals surface area contributed by atoms with Gasteiger partial charge in [-0.3, -0.25) is 9.69 Å². The van der Waals surface area contributed by atoms with Crippen LogP contribution in [-0.2, 0) is 11.2 Å². The summed E-state index contributed by atoms with van der Waals surface area (Å²) in [5, 5.41) is 5.23. The number of carbonyl (C=O) groups is 2. The summed E-state index contributed by atoms with van der Waals surface area (Å²) < 4.78 is 0. The Morgan fingerprint density at radius 2 is 2.04 bits per heavy atom. The molecule has 1 N–H and O–H groups in total. The first-order chi connectivity index (χ1) is 11.4. The molecule has 3 rings (SSSR count). The van der Waals surface area contributed by atoms with Gasteiger partial charge in [0.15, 0.2) is 5.13 Å². The summed E-state index contributed by atoms with van der Waals surface area (Å²) in [4.78, 5) is 31.9. The number of aromatic nitrogens is 1. The quantitative estimate of drug-likeness (QED) is 0.927. The monoisotopic (exact) mass is 344 g/mol. The van der Waals surface area contributed by atoms with Gasteiger partial charge in [-0.2, -0.15) is 0 Å². The van der Waals surface area contributed by atoms with Gasteiger partial charge in [0.2, 0.25) is 5.91 Å².